The second-order valence-electron chi connectivity index (χ2n) is 5.00. The fraction of sp³-hybridized carbons (Fsp3) is 0.571. The average molecular weight is 342 g/mol. The molecule has 1 saturated carbocycles. The van der Waals surface area contributed by atoms with Crippen LogP contribution in [0, 0.1) is 0 Å². The summed E-state index contributed by atoms with van der Waals surface area (Å²) in [6.07, 6.45) is 5.97. The Morgan fingerprint density at radius 2 is 2.20 bits per heavy atom. The number of rotatable bonds is 5. The number of carbonyl (C=O) groups excluding carboxylic acids is 1. The number of nitrogens with one attached hydrogen (secondary N) is 1. The van der Waals surface area contributed by atoms with Gasteiger partial charge in [0.15, 0.2) is 0 Å². The van der Waals surface area contributed by atoms with Gasteiger partial charge in [0.1, 0.15) is 5.69 Å². The van der Waals surface area contributed by atoms with Crippen LogP contribution in [0.4, 0.5) is 0 Å². The van der Waals surface area contributed by atoms with Crippen molar-refractivity contribution in [2.24, 2.45) is 5.73 Å². The molecule has 0 aliphatic heterocycles. The van der Waals surface area contributed by atoms with Gasteiger partial charge in [0.05, 0.1) is 12.7 Å². The van der Waals surface area contributed by atoms with Crippen molar-refractivity contribution in [3.8, 4) is 0 Å². The molecule has 0 aromatic carbocycles. The monoisotopic (exact) mass is 341 g/mol. The molecule has 1 aromatic heterocycles. The summed E-state index contributed by atoms with van der Waals surface area (Å²) in [6.45, 7) is 1.01. The zero-order valence-corrected chi connectivity index (χ0v) is 12.9. The van der Waals surface area contributed by atoms with Crippen LogP contribution in [0.5, 0.6) is 0 Å². The maximum atomic E-state index is 11.9. The molecule has 5 nitrogen and oxygen atoms in total. The van der Waals surface area contributed by atoms with Gasteiger partial charge < -0.3 is 15.8 Å². The molecule has 110 valence electrons. The molecule has 1 aliphatic rings. The molecule has 1 fully saturated rings. The zero-order chi connectivity index (χ0) is 14.4. The van der Waals surface area contributed by atoms with Crippen molar-refractivity contribution in [1.82, 2.24) is 10.3 Å². The van der Waals surface area contributed by atoms with Gasteiger partial charge in [0.25, 0.3) is 5.91 Å². The molecule has 0 atom stereocenters. The first-order valence-corrected chi connectivity index (χ1v) is 7.72. The molecule has 2 rings (SSSR count). The molecule has 3 N–H and O–H groups in total. The summed E-state index contributed by atoms with van der Waals surface area (Å²) in [5.74, 6) is -0.188. The van der Waals surface area contributed by atoms with Crippen molar-refractivity contribution in [1.29, 1.82) is 0 Å². The Hall–Kier alpha value is -0.980. The minimum absolute atomic E-state index is 0.188. The highest BCUT2D eigenvalue weighted by Crippen LogP contribution is 2.19. The first-order chi connectivity index (χ1) is 9.66. The Morgan fingerprint density at radius 1 is 1.45 bits per heavy atom. The molecule has 1 aliphatic carbocycles. The predicted octanol–water partition coefficient (Wildman–Crippen LogP) is 1.86. The highest BCUT2D eigenvalue weighted by molar-refractivity contribution is 9.10. The maximum Gasteiger partial charge on any atom is 0.271 e. The van der Waals surface area contributed by atoms with E-state index in [1.54, 1.807) is 18.3 Å². The highest BCUT2D eigenvalue weighted by atomic mass is 79.9. The molecule has 1 aromatic rings. The second kappa shape index (κ2) is 7.71. The van der Waals surface area contributed by atoms with Crippen molar-refractivity contribution in [2.75, 3.05) is 13.2 Å². The normalized spacial score (nSPS) is 22.5. The lowest BCUT2D eigenvalue weighted by atomic mass is 9.94. The number of ether oxygens (including phenoxy) is 1. The number of amides is 1. The number of hydrogen-bond donors (Lipinski definition) is 2. The molecular weight excluding hydrogens is 322 g/mol. The Labute approximate surface area is 127 Å². The van der Waals surface area contributed by atoms with E-state index in [-0.39, 0.29) is 12.0 Å². The number of nitrogens with two attached hydrogens (primary N) is 1. The van der Waals surface area contributed by atoms with E-state index >= 15 is 0 Å². The molecule has 0 unspecified atom stereocenters. The summed E-state index contributed by atoms with van der Waals surface area (Å²) < 4.78 is 6.44. The summed E-state index contributed by atoms with van der Waals surface area (Å²) >= 11 is 3.31. The molecule has 20 heavy (non-hydrogen) atoms. The molecule has 1 heterocycles. The third kappa shape index (κ3) is 4.54. The van der Waals surface area contributed by atoms with Crippen molar-refractivity contribution in [3.05, 3.63) is 28.5 Å². The zero-order valence-electron chi connectivity index (χ0n) is 11.3. The van der Waals surface area contributed by atoms with Crippen molar-refractivity contribution in [2.45, 2.75) is 37.8 Å². The Balaban J connectivity index is 1.66. The Kier molecular flexibility index (Phi) is 5.94. The van der Waals surface area contributed by atoms with Gasteiger partial charge in [0, 0.05) is 23.3 Å². The first-order valence-electron chi connectivity index (χ1n) is 6.92. The van der Waals surface area contributed by atoms with Crippen LogP contribution in [-0.4, -0.2) is 36.2 Å². The number of pyridine rings is 1. The first kappa shape index (κ1) is 15.4. The maximum absolute atomic E-state index is 11.9. The minimum Gasteiger partial charge on any atom is -0.376 e. The highest BCUT2D eigenvalue weighted by Gasteiger charge is 2.18. The van der Waals surface area contributed by atoms with Gasteiger partial charge in [-0.2, -0.15) is 0 Å². The summed E-state index contributed by atoms with van der Waals surface area (Å²) in [6, 6.07) is 3.90. The van der Waals surface area contributed by atoms with Gasteiger partial charge in [-0.3, -0.25) is 4.79 Å². The van der Waals surface area contributed by atoms with E-state index in [0.717, 1.165) is 25.7 Å². The van der Waals surface area contributed by atoms with Gasteiger partial charge in [0.2, 0.25) is 0 Å². The molecular formula is C14H20BrN3O2. The summed E-state index contributed by atoms with van der Waals surface area (Å²) in [5.41, 5.74) is 6.25. The standard InChI is InChI=1S/C14H20BrN3O2/c15-12-2-1-7-17-13(12)14(19)18-8-9-20-11-5-3-10(16)4-6-11/h1-2,7,10-11H,3-6,8-9,16H2,(H,18,19). The lowest BCUT2D eigenvalue weighted by Crippen LogP contribution is -2.33. The second-order valence-corrected chi connectivity index (χ2v) is 5.85. The van der Waals surface area contributed by atoms with E-state index in [0.29, 0.717) is 29.4 Å². The fourth-order valence-corrected chi connectivity index (χ4v) is 2.72. The molecule has 0 radical (unpaired) electrons. The van der Waals surface area contributed by atoms with Gasteiger partial charge in [-0.1, -0.05) is 0 Å². The van der Waals surface area contributed by atoms with Gasteiger partial charge in [-0.25, -0.2) is 4.98 Å². The van der Waals surface area contributed by atoms with Crippen molar-refractivity contribution < 1.29 is 9.53 Å². The largest absolute Gasteiger partial charge is 0.376 e. The topological polar surface area (TPSA) is 77.2 Å². The van der Waals surface area contributed by atoms with E-state index in [1.165, 1.54) is 0 Å². The Morgan fingerprint density at radius 3 is 2.90 bits per heavy atom. The van der Waals surface area contributed by atoms with Crippen LogP contribution in [-0.2, 0) is 4.74 Å². The van der Waals surface area contributed by atoms with E-state index in [2.05, 4.69) is 26.2 Å². The predicted molar refractivity (Wildman–Crippen MR) is 80.5 cm³/mol. The van der Waals surface area contributed by atoms with Gasteiger partial charge in [-0.15, -0.1) is 0 Å². The summed E-state index contributed by atoms with van der Waals surface area (Å²) in [4.78, 5) is 15.9. The molecule has 1 amide bonds. The lowest BCUT2D eigenvalue weighted by molar-refractivity contribution is 0.0267. The van der Waals surface area contributed by atoms with Gasteiger partial charge >= 0.3 is 0 Å². The van der Waals surface area contributed by atoms with Crippen LogP contribution in [0.1, 0.15) is 36.2 Å². The molecule has 0 bridgehead atoms. The Bertz CT molecular complexity index is 448. The number of halogens is 1. The van der Waals surface area contributed by atoms with E-state index in [4.69, 9.17) is 10.5 Å². The number of hydrogen-bond acceptors (Lipinski definition) is 4. The fourth-order valence-electron chi connectivity index (χ4n) is 2.28. The number of nitrogens with zero attached hydrogens (tertiary/aromatic N) is 1. The third-order valence-electron chi connectivity index (χ3n) is 3.43. The van der Waals surface area contributed by atoms with E-state index < -0.39 is 0 Å². The van der Waals surface area contributed by atoms with Crippen molar-refractivity contribution in [3.63, 3.8) is 0 Å². The lowest BCUT2D eigenvalue weighted by Gasteiger charge is -2.26. The number of aromatic nitrogens is 1. The quantitative estimate of drug-likeness (QED) is 0.801. The van der Waals surface area contributed by atoms with Crippen LogP contribution < -0.4 is 11.1 Å². The van der Waals surface area contributed by atoms with Crippen LogP contribution in [0.3, 0.4) is 0 Å². The van der Waals surface area contributed by atoms with Crippen molar-refractivity contribution >= 4 is 21.8 Å². The van der Waals surface area contributed by atoms with Crippen LogP contribution >= 0.6 is 15.9 Å². The number of carbonyl (C=O) groups is 1. The van der Waals surface area contributed by atoms with E-state index in [1.807, 2.05) is 0 Å². The average Bonchev–Trinajstić information content (AvgIpc) is 2.46. The summed E-state index contributed by atoms with van der Waals surface area (Å²) in [5, 5.41) is 2.81. The van der Waals surface area contributed by atoms with Gasteiger partial charge in [-0.05, 0) is 53.7 Å². The minimum atomic E-state index is -0.188. The molecule has 6 heteroatoms. The van der Waals surface area contributed by atoms with Crippen LogP contribution in [0.25, 0.3) is 0 Å². The van der Waals surface area contributed by atoms with E-state index in [9.17, 15) is 4.79 Å². The van der Waals surface area contributed by atoms with Crippen LogP contribution in [0.2, 0.25) is 0 Å². The molecule has 0 spiro atoms. The smallest absolute Gasteiger partial charge is 0.271 e. The summed E-state index contributed by atoms with van der Waals surface area (Å²) in [7, 11) is 0. The third-order valence-corrected chi connectivity index (χ3v) is 4.07. The van der Waals surface area contributed by atoms with Crippen LogP contribution in [0.15, 0.2) is 22.8 Å². The molecule has 0 saturated heterocycles. The SMILES string of the molecule is NC1CCC(OCCNC(=O)c2ncccc2Br)CC1.